The van der Waals surface area contributed by atoms with E-state index in [1.807, 2.05) is 0 Å². The number of rotatable bonds is 16. The molecule has 8 rings (SSSR count). The highest BCUT2D eigenvalue weighted by molar-refractivity contribution is 5.86. The van der Waals surface area contributed by atoms with Crippen LogP contribution in [0.25, 0.3) is 0 Å². The molecule has 4 aromatic rings. The summed E-state index contributed by atoms with van der Waals surface area (Å²) < 4.78 is 5.73. The lowest BCUT2D eigenvalue weighted by molar-refractivity contribution is -0.119. The highest BCUT2D eigenvalue weighted by Crippen LogP contribution is 2.32. The van der Waals surface area contributed by atoms with Crippen LogP contribution in [-0.2, 0) is 48.6 Å². The van der Waals surface area contributed by atoms with Gasteiger partial charge in [-0.25, -0.2) is 0 Å². The molecule has 0 amide bonds. The molecular formula is C48H67N11O3. The Balaban J connectivity index is 0.000000186. The van der Waals surface area contributed by atoms with E-state index in [1.54, 1.807) is 0 Å². The molecule has 0 aliphatic carbocycles. The van der Waals surface area contributed by atoms with E-state index in [9.17, 15) is 9.59 Å². The number of nitrogens with zero attached hydrogens (tertiary/aromatic N) is 8. The van der Waals surface area contributed by atoms with E-state index in [1.165, 1.54) is 74.1 Å². The number of Topliss-reactive ketones (excluding diaryl/α,β-unsaturated/α-hetero) is 2. The monoisotopic (exact) mass is 846 g/mol. The highest BCUT2D eigenvalue weighted by atomic mass is 16.5. The van der Waals surface area contributed by atoms with E-state index in [2.05, 4.69) is 102 Å². The lowest BCUT2D eigenvalue weighted by Gasteiger charge is -2.25. The zero-order valence-electron chi connectivity index (χ0n) is 37.0. The third-order valence-electron chi connectivity index (χ3n) is 12.2. The Labute approximate surface area is 367 Å². The first kappa shape index (κ1) is 44.7. The summed E-state index contributed by atoms with van der Waals surface area (Å²) in [6.45, 7) is 15.0. The lowest BCUT2D eigenvalue weighted by Crippen LogP contribution is -2.26. The van der Waals surface area contributed by atoms with Crippen LogP contribution in [-0.4, -0.2) is 93.7 Å². The van der Waals surface area contributed by atoms with Crippen molar-refractivity contribution in [2.24, 2.45) is 0 Å². The van der Waals surface area contributed by atoms with Crippen molar-refractivity contribution in [3.8, 4) is 6.01 Å². The minimum atomic E-state index is 0.168. The van der Waals surface area contributed by atoms with E-state index in [0.29, 0.717) is 75.6 Å². The van der Waals surface area contributed by atoms with Gasteiger partial charge in [0.25, 0.3) is 0 Å². The molecule has 5 N–H and O–H groups in total. The van der Waals surface area contributed by atoms with Crippen LogP contribution in [0.5, 0.6) is 6.01 Å². The van der Waals surface area contributed by atoms with E-state index < -0.39 is 0 Å². The van der Waals surface area contributed by atoms with Crippen molar-refractivity contribution < 1.29 is 14.3 Å². The Bertz CT molecular complexity index is 1970. The standard InChI is InChI=1S/C24H34N6O.C24H33N5O2/c1-2-3-10-26-24-27-22(25)21-15-20(31)9-13-30(23(21)28-24)17-19-8-6-7-18(14-19)16-29-11-4-5-12-29;1-2-3-13-31-24-26-22(25)21-15-20(30)9-12-29(23(21)27-24)17-19-8-6-7-18(14-19)16-28-10-4-5-11-28/h6-8,14H,2-5,9-13,15-17H2,1H3,(H3,25,26,27,28);6-8,14H,2-5,9-13,15-17H2,1H3,(H2,25,26,27). The molecule has 62 heavy (non-hydrogen) atoms. The topological polar surface area (TPSA) is 172 Å². The third kappa shape index (κ3) is 12.4. The van der Waals surface area contributed by atoms with Gasteiger partial charge in [-0.05, 0) is 87.0 Å². The Hall–Kier alpha value is -5.34. The van der Waals surface area contributed by atoms with Gasteiger partial charge in [0.05, 0.1) is 6.61 Å². The van der Waals surface area contributed by atoms with Gasteiger partial charge in [0.2, 0.25) is 5.95 Å². The molecule has 6 heterocycles. The van der Waals surface area contributed by atoms with Gasteiger partial charge in [-0.1, -0.05) is 75.2 Å². The molecular weight excluding hydrogens is 779 g/mol. The van der Waals surface area contributed by atoms with Crippen molar-refractivity contribution >= 4 is 40.8 Å². The Kier molecular flexibility index (Phi) is 16.0. The largest absolute Gasteiger partial charge is 0.463 e. The maximum Gasteiger partial charge on any atom is 0.320 e. The summed E-state index contributed by atoms with van der Waals surface area (Å²) in [6, 6.07) is 17.8. The van der Waals surface area contributed by atoms with E-state index >= 15 is 0 Å². The van der Waals surface area contributed by atoms with Crippen LogP contribution in [0.2, 0.25) is 0 Å². The Morgan fingerprint density at radius 1 is 0.613 bits per heavy atom. The molecule has 14 nitrogen and oxygen atoms in total. The molecule has 0 bridgehead atoms. The number of likely N-dealkylation sites (tertiary alicyclic amines) is 2. The molecule has 0 spiro atoms. The van der Waals surface area contributed by atoms with Crippen LogP contribution in [0.15, 0.2) is 48.5 Å². The number of anilines is 5. The molecule has 0 unspecified atom stereocenters. The molecule has 0 saturated carbocycles. The maximum absolute atomic E-state index is 12.4. The molecule has 2 aromatic carbocycles. The minimum absolute atomic E-state index is 0.168. The zero-order chi connectivity index (χ0) is 43.3. The smallest absolute Gasteiger partial charge is 0.320 e. The molecule has 4 aliphatic heterocycles. The van der Waals surface area contributed by atoms with Gasteiger partial charge < -0.3 is 31.3 Å². The van der Waals surface area contributed by atoms with Crippen LogP contribution >= 0.6 is 0 Å². The number of benzene rings is 2. The number of nitrogens with two attached hydrogens (primary N) is 2. The zero-order valence-corrected chi connectivity index (χ0v) is 37.0. The van der Waals surface area contributed by atoms with Gasteiger partial charge >= 0.3 is 6.01 Å². The van der Waals surface area contributed by atoms with Crippen molar-refractivity contribution in [2.75, 3.05) is 79.0 Å². The summed E-state index contributed by atoms with van der Waals surface area (Å²) in [7, 11) is 0. The molecule has 2 saturated heterocycles. The predicted octanol–water partition coefficient (Wildman–Crippen LogP) is 6.74. The van der Waals surface area contributed by atoms with Gasteiger partial charge in [-0.3, -0.25) is 19.4 Å². The second-order valence-corrected chi connectivity index (χ2v) is 17.3. The van der Waals surface area contributed by atoms with Crippen molar-refractivity contribution in [1.29, 1.82) is 0 Å². The highest BCUT2D eigenvalue weighted by Gasteiger charge is 2.27. The summed E-state index contributed by atoms with van der Waals surface area (Å²) in [5.74, 6) is 3.19. The van der Waals surface area contributed by atoms with Gasteiger partial charge in [-0.15, -0.1) is 0 Å². The molecule has 4 aliphatic rings. The summed E-state index contributed by atoms with van der Waals surface area (Å²) >= 11 is 0. The third-order valence-corrected chi connectivity index (χ3v) is 12.2. The minimum Gasteiger partial charge on any atom is -0.463 e. The van der Waals surface area contributed by atoms with Gasteiger partial charge in [-0.2, -0.15) is 19.9 Å². The number of unbranched alkanes of at least 4 members (excludes halogenated alkanes) is 2. The SMILES string of the molecule is CCCCNc1nc(N)c2c(n1)N(Cc1cccc(CN3CCCC3)c1)CCC(=O)C2.CCCCOc1nc(N)c2c(n1)N(Cc1cccc(CN3CCCC3)c1)CCC(=O)C2. The number of carbonyl (C=O) groups excluding carboxylic acids is 2. The van der Waals surface area contributed by atoms with Crippen LogP contribution in [0.1, 0.15) is 111 Å². The molecule has 332 valence electrons. The van der Waals surface area contributed by atoms with Gasteiger partial charge in [0, 0.05) is 82.6 Å². The number of hydrogen-bond donors (Lipinski definition) is 3. The number of carbonyl (C=O) groups is 2. The number of hydrogen-bond acceptors (Lipinski definition) is 14. The summed E-state index contributed by atoms with van der Waals surface area (Å²) in [6.07, 6.45) is 10.9. The first-order valence-electron chi connectivity index (χ1n) is 23.1. The maximum atomic E-state index is 12.4. The fourth-order valence-electron chi connectivity index (χ4n) is 8.75. The number of ether oxygens (including phenoxy) is 1. The first-order chi connectivity index (χ1) is 30.2. The Morgan fingerprint density at radius 3 is 1.61 bits per heavy atom. The van der Waals surface area contributed by atoms with Crippen molar-refractivity contribution in [2.45, 2.75) is 117 Å². The van der Waals surface area contributed by atoms with E-state index in [4.69, 9.17) is 21.2 Å². The van der Waals surface area contributed by atoms with E-state index in [-0.39, 0.29) is 18.0 Å². The first-order valence-corrected chi connectivity index (χ1v) is 23.1. The summed E-state index contributed by atoms with van der Waals surface area (Å²) in [5.41, 5.74) is 19.1. The van der Waals surface area contributed by atoms with Crippen LogP contribution < -0.4 is 31.3 Å². The fraction of sp³-hybridized carbons (Fsp3) is 0.542. The molecule has 0 radical (unpaired) electrons. The number of fused-ring (bicyclic) bond motifs is 2. The second kappa shape index (κ2) is 22.1. The van der Waals surface area contributed by atoms with Crippen LogP contribution in [0, 0.1) is 0 Å². The summed E-state index contributed by atoms with van der Waals surface area (Å²) in [4.78, 5) is 52.3. The average Bonchev–Trinajstić information content (AvgIpc) is 3.92. The quantitative estimate of drug-likeness (QED) is 0.101. The number of aromatic nitrogens is 4. The van der Waals surface area contributed by atoms with Crippen LogP contribution in [0.3, 0.4) is 0 Å². The predicted molar refractivity (Wildman–Crippen MR) is 247 cm³/mol. The fourth-order valence-corrected chi connectivity index (χ4v) is 8.75. The molecule has 0 atom stereocenters. The Morgan fingerprint density at radius 2 is 1.10 bits per heavy atom. The van der Waals surface area contributed by atoms with Gasteiger partial charge in [0.1, 0.15) is 34.8 Å². The molecule has 14 heteroatoms. The lowest BCUT2D eigenvalue weighted by atomic mass is 10.1. The van der Waals surface area contributed by atoms with Crippen molar-refractivity contribution in [3.05, 3.63) is 81.9 Å². The van der Waals surface area contributed by atoms with Gasteiger partial charge in [0.15, 0.2) is 0 Å². The second-order valence-electron chi connectivity index (χ2n) is 17.3. The van der Waals surface area contributed by atoms with E-state index in [0.717, 1.165) is 68.1 Å². The number of ketones is 2. The number of nitrogens with one attached hydrogen (secondary N) is 1. The average molecular weight is 846 g/mol. The van der Waals surface area contributed by atoms with Crippen molar-refractivity contribution in [1.82, 2.24) is 29.7 Å². The van der Waals surface area contributed by atoms with Crippen molar-refractivity contribution in [3.63, 3.8) is 0 Å². The normalized spacial score (nSPS) is 16.9. The number of nitrogen functional groups attached to an aromatic ring is 2. The molecule has 2 aromatic heterocycles. The molecule has 2 fully saturated rings. The summed E-state index contributed by atoms with van der Waals surface area (Å²) in [5, 5.41) is 3.28. The van der Waals surface area contributed by atoms with Crippen LogP contribution in [0.4, 0.5) is 29.2 Å².